The second-order valence-electron chi connectivity index (χ2n) is 6.11. The third-order valence-electron chi connectivity index (χ3n) is 3.60. The van der Waals surface area contributed by atoms with Gasteiger partial charge in [-0.1, -0.05) is 23.2 Å². The molecular formula is C18H14Cl2F3IN6O. The van der Waals surface area contributed by atoms with Gasteiger partial charge in [0.2, 0.25) is 5.96 Å². The molecular weight excluding hydrogens is 571 g/mol. The van der Waals surface area contributed by atoms with Crippen molar-refractivity contribution in [3.05, 3.63) is 57.4 Å². The standard InChI is InChI=1S/C18H14Cl2F3IN6O/c1-17(19,20)15(29-14(31)10-2-4-11(24)5-3-10)30-16(27-9-25)28-12-6-7-13(26-8-12)18(21,22)23/h2-8,15H,1H3,(H,29,31)(H2,27,28,30). The Morgan fingerprint density at radius 3 is 2.35 bits per heavy atom. The fourth-order valence-corrected chi connectivity index (χ4v) is 2.70. The number of rotatable bonds is 5. The Morgan fingerprint density at radius 2 is 1.87 bits per heavy atom. The van der Waals surface area contributed by atoms with E-state index in [9.17, 15) is 18.0 Å². The number of halogens is 6. The Bertz CT molecular complexity index is 986. The maximum Gasteiger partial charge on any atom is 0.433 e. The predicted octanol–water partition coefficient (Wildman–Crippen LogP) is 4.49. The molecule has 2 aromatic rings. The molecule has 1 aromatic heterocycles. The Morgan fingerprint density at radius 1 is 1.23 bits per heavy atom. The third-order valence-corrected chi connectivity index (χ3v) is 4.74. The number of aliphatic imine (C=N–C) groups is 1. The molecule has 7 nitrogen and oxygen atoms in total. The fraction of sp³-hybridized carbons (Fsp3) is 0.222. The predicted molar refractivity (Wildman–Crippen MR) is 120 cm³/mol. The molecule has 1 amide bonds. The lowest BCUT2D eigenvalue weighted by Crippen LogP contribution is -2.45. The molecule has 0 saturated carbocycles. The molecule has 0 radical (unpaired) electrons. The van der Waals surface area contributed by atoms with E-state index < -0.39 is 28.3 Å². The van der Waals surface area contributed by atoms with Crippen LogP contribution in [0, 0.1) is 15.0 Å². The second-order valence-corrected chi connectivity index (χ2v) is 9.12. The number of benzene rings is 1. The molecule has 1 unspecified atom stereocenters. The number of carbonyl (C=O) groups is 1. The molecule has 1 heterocycles. The highest BCUT2D eigenvalue weighted by atomic mass is 127. The molecule has 0 spiro atoms. The molecule has 0 aliphatic heterocycles. The Balaban J connectivity index is 2.26. The molecule has 0 bridgehead atoms. The molecule has 13 heteroatoms. The molecule has 0 aliphatic rings. The van der Waals surface area contributed by atoms with Crippen LogP contribution >= 0.6 is 45.8 Å². The quantitative estimate of drug-likeness (QED) is 0.120. The van der Waals surface area contributed by atoms with Crippen LogP contribution in [0.5, 0.6) is 0 Å². The van der Waals surface area contributed by atoms with Crippen LogP contribution in [0.2, 0.25) is 0 Å². The van der Waals surface area contributed by atoms with E-state index in [0.29, 0.717) is 5.56 Å². The zero-order valence-corrected chi connectivity index (χ0v) is 19.3. The number of hydrogen-bond donors (Lipinski definition) is 3. The van der Waals surface area contributed by atoms with Crippen LogP contribution in [-0.4, -0.2) is 27.3 Å². The average Bonchev–Trinajstić information content (AvgIpc) is 2.67. The van der Waals surface area contributed by atoms with Crippen LogP contribution < -0.4 is 16.0 Å². The maximum absolute atomic E-state index is 12.7. The number of hydrogen-bond acceptors (Lipinski definition) is 4. The van der Waals surface area contributed by atoms with Crippen LogP contribution in [0.4, 0.5) is 18.9 Å². The lowest BCUT2D eigenvalue weighted by atomic mass is 10.2. The van der Waals surface area contributed by atoms with E-state index in [0.717, 1.165) is 21.9 Å². The van der Waals surface area contributed by atoms with Crippen LogP contribution in [0.15, 0.2) is 47.6 Å². The Kier molecular flexibility index (Phi) is 8.33. The van der Waals surface area contributed by atoms with Crippen molar-refractivity contribution in [1.82, 2.24) is 15.6 Å². The molecule has 31 heavy (non-hydrogen) atoms. The van der Waals surface area contributed by atoms with Gasteiger partial charge >= 0.3 is 6.18 Å². The molecule has 0 saturated heterocycles. The molecule has 164 valence electrons. The second kappa shape index (κ2) is 10.3. The smallest absolute Gasteiger partial charge is 0.328 e. The minimum absolute atomic E-state index is 0.100. The molecule has 0 aliphatic carbocycles. The number of nitriles is 1. The lowest BCUT2D eigenvalue weighted by molar-refractivity contribution is -0.141. The van der Waals surface area contributed by atoms with Gasteiger partial charge in [0, 0.05) is 9.13 Å². The number of amides is 1. The minimum atomic E-state index is -4.59. The van der Waals surface area contributed by atoms with Gasteiger partial charge in [-0.25, -0.2) is 9.98 Å². The number of carbonyl (C=O) groups excluding carboxylic acids is 1. The normalized spacial score (nSPS) is 13.2. The van der Waals surface area contributed by atoms with Crippen molar-refractivity contribution in [3.8, 4) is 6.19 Å². The highest BCUT2D eigenvalue weighted by molar-refractivity contribution is 14.1. The summed E-state index contributed by atoms with van der Waals surface area (Å²) in [6.07, 6.45) is -3.28. The largest absolute Gasteiger partial charge is 0.433 e. The van der Waals surface area contributed by atoms with Crippen molar-refractivity contribution in [2.24, 2.45) is 4.99 Å². The molecule has 1 aromatic carbocycles. The zero-order valence-electron chi connectivity index (χ0n) is 15.6. The first kappa shape index (κ1) is 25.0. The average molecular weight is 585 g/mol. The van der Waals surface area contributed by atoms with Crippen molar-refractivity contribution in [2.45, 2.75) is 23.6 Å². The number of guanidine groups is 1. The molecule has 2 rings (SSSR count). The molecule has 1 atom stereocenters. The first-order valence-electron chi connectivity index (χ1n) is 8.37. The van der Waals surface area contributed by atoms with Crippen LogP contribution in [0.1, 0.15) is 23.0 Å². The number of alkyl halides is 5. The van der Waals surface area contributed by atoms with Crippen LogP contribution in [-0.2, 0) is 6.18 Å². The summed E-state index contributed by atoms with van der Waals surface area (Å²) in [6.45, 7) is 1.38. The molecule has 3 N–H and O–H groups in total. The number of pyridine rings is 1. The van der Waals surface area contributed by atoms with E-state index in [2.05, 4.69) is 48.5 Å². The van der Waals surface area contributed by atoms with Gasteiger partial charge in [0.25, 0.3) is 5.91 Å². The third kappa shape index (κ3) is 7.71. The highest BCUT2D eigenvalue weighted by Crippen LogP contribution is 2.28. The topological polar surface area (TPSA) is 102 Å². The van der Waals surface area contributed by atoms with Crippen molar-refractivity contribution >= 4 is 63.3 Å². The zero-order chi connectivity index (χ0) is 23.2. The van der Waals surface area contributed by atoms with Gasteiger partial charge in [-0.05, 0) is 65.9 Å². The summed E-state index contributed by atoms with van der Waals surface area (Å²) in [4.78, 5) is 19.9. The lowest BCUT2D eigenvalue weighted by Gasteiger charge is -2.25. The van der Waals surface area contributed by atoms with Crippen molar-refractivity contribution < 1.29 is 18.0 Å². The van der Waals surface area contributed by atoms with Gasteiger partial charge in [-0.3, -0.25) is 10.1 Å². The van der Waals surface area contributed by atoms with Crippen molar-refractivity contribution in [3.63, 3.8) is 0 Å². The fourth-order valence-electron chi connectivity index (χ4n) is 2.13. The van der Waals surface area contributed by atoms with Gasteiger partial charge in [-0.15, -0.1) is 0 Å². The Labute approximate surface area is 199 Å². The Hall–Kier alpha value is -2.30. The van der Waals surface area contributed by atoms with Gasteiger partial charge < -0.3 is 10.6 Å². The van der Waals surface area contributed by atoms with E-state index in [-0.39, 0.29) is 11.6 Å². The number of anilines is 1. The molecule has 0 fully saturated rings. The SMILES string of the molecule is CC(Cl)(Cl)C(/N=C(\NC#N)Nc1ccc(C(F)(F)F)nc1)NC(=O)c1ccc(I)cc1. The summed E-state index contributed by atoms with van der Waals surface area (Å²) >= 11 is 14.4. The number of aromatic nitrogens is 1. The van der Waals surface area contributed by atoms with Crippen LogP contribution in [0.25, 0.3) is 0 Å². The summed E-state index contributed by atoms with van der Waals surface area (Å²) in [5.41, 5.74) is -0.655. The first-order chi connectivity index (χ1) is 14.4. The number of nitrogens with one attached hydrogen (secondary N) is 3. The van der Waals surface area contributed by atoms with Gasteiger partial charge in [-0.2, -0.15) is 18.4 Å². The number of nitrogens with zero attached hydrogens (tertiary/aromatic N) is 3. The maximum atomic E-state index is 12.7. The van der Waals surface area contributed by atoms with Gasteiger partial charge in [0.1, 0.15) is 5.69 Å². The minimum Gasteiger partial charge on any atom is -0.328 e. The van der Waals surface area contributed by atoms with E-state index in [1.54, 1.807) is 30.5 Å². The van der Waals surface area contributed by atoms with E-state index in [4.69, 9.17) is 28.5 Å². The van der Waals surface area contributed by atoms with E-state index in [1.807, 2.05) is 0 Å². The van der Waals surface area contributed by atoms with Gasteiger partial charge in [0.05, 0.1) is 11.9 Å². The summed E-state index contributed by atoms with van der Waals surface area (Å²) in [5.74, 6) is -0.741. The van der Waals surface area contributed by atoms with E-state index >= 15 is 0 Å². The summed E-state index contributed by atoms with van der Waals surface area (Å²) in [6, 6.07) is 8.52. The van der Waals surface area contributed by atoms with E-state index in [1.165, 1.54) is 6.92 Å². The van der Waals surface area contributed by atoms with Crippen molar-refractivity contribution in [1.29, 1.82) is 5.26 Å². The first-order valence-corrected chi connectivity index (χ1v) is 10.2. The van der Waals surface area contributed by atoms with Crippen molar-refractivity contribution in [2.75, 3.05) is 5.32 Å². The van der Waals surface area contributed by atoms with Crippen LogP contribution in [0.3, 0.4) is 0 Å². The summed E-state index contributed by atoms with van der Waals surface area (Å²) in [7, 11) is 0. The van der Waals surface area contributed by atoms with Gasteiger partial charge in [0.15, 0.2) is 16.7 Å². The summed E-state index contributed by atoms with van der Waals surface area (Å²) < 4.78 is 37.3. The highest BCUT2D eigenvalue weighted by Gasteiger charge is 2.33. The monoisotopic (exact) mass is 584 g/mol. The summed E-state index contributed by atoms with van der Waals surface area (Å²) in [5, 5.41) is 16.3.